The minimum absolute atomic E-state index is 0.0947. The second kappa shape index (κ2) is 10.3. The van der Waals surface area contributed by atoms with Crippen molar-refractivity contribution in [1.82, 2.24) is 0 Å². The number of carbonyl (C=O) groups is 1. The highest BCUT2D eigenvalue weighted by atomic mass is 32.2. The van der Waals surface area contributed by atoms with E-state index in [0.717, 1.165) is 25.0 Å². The van der Waals surface area contributed by atoms with Crippen LogP contribution in [0.15, 0.2) is 30.3 Å². The number of carbonyl (C=O) groups excluding carboxylic acids is 1. The van der Waals surface area contributed by atoms with Crippen LogP contribution in [-0.2, 0) is 25.4 Å². The predicted molar refractivity (Wildman–Crippen MR) is 101 cm³/mol. The molecule has 0 N–H and O–H groups in total. The van der Waals surface area contributed by atoms with Crippen LogP contribution in [0.4, 0.5) is 0 Å². The molecule has 1 heterocycles. The molecule has 1 fully saturated rings. The lowest BCUT2D eigenvalue weighted by atomic mass is 9.90. The average molecular weight is 367 g/mol. The normalized spacial score (nSPS) is 22.7. The van der Waals surface area contributed by atoms with Crippen molar-refractivity contribution < 1.29 is 19.0 Å². The van der Waals surface area contributed by atoms with Gasteiger partial charge in [-0.1, -0.05) is 49.0 Å². The van der Waals surface area contributed by atoms with Crippen LogP contribution in [-0.4, -0.2) is 36.2 Å². The molecule has 25 heavy (non-hydrogen) atoms. The number of benzene rings is 1. The minimum atomic E-state index is -1.00. The number of thioether (sulfide) groups is 1. The molecule has 1 aliphatic rings. The van der Waals surface area contributed by atoms with Crippen LogP contribution in [0.3, 0.4) is 0 Å². The highest BCUT2D eigenvalue weighted by Crippen LogP contribution is 2.38. The predicted octanol–water partition coefficient (Wildman–Crippen LogP) is 4.42. The number of aryl methyl sites for hydroxylation is 1. The maximum Gasteiger partial charge on any atom is 0.283 e. The minimum Gasteiger partial charge on any atom is -0.328 e. The second-order valence-corrected chi connectivity index (χ2v) is 7.40. The summed E-state index contributed by atoms with van der Waals surface area (Å²) in [6.45, 7) is 6.93. The van der Waals surface area contributed by atoms with Gasteiger partial charge in [-0.25, -0.2) is 0 Å². The summed E-state index contributed by atoms with van der Waals surface area (Å²) in [5, 5.41) is 0.224. The third-order valence-corrected chi connectivity index (χ3v) is 5.30. The lowest BCUT2D eigenvalue weighted by Crippen LogP contribution is -2.50. The van der Waals surface area contributed by atoms with E-state index < -0.39 is 5.97 Å². The van der Waals surface area contributed by atoms with Crippen molar-refractivity contribution in [3.05, 3.63) is 35.9 Å². The third-order valence-electron chi connectivity index (χ3n) is 4.42. The third kappa shape index (κ3) is 5.81. The van der Waals surface area contributed by atoms with Crippen molar-refractivity contribution in [3.63, 3.8) is 0 Å². The van der Waals surface area contributed by atoms with Crippen molar-refractivity contribution in [3.8, 4) is 0 Å². The summed E-state index contributed by atoms with van der Waals surface area (Å²) in [4.78, 5) is 12.5. The Bertz CT molecular complexity index is 514. The van der Waals surface area contributed by atoms with Gasteiger partial charge in [0, 0.05) is 19.6 Å². The summed E-state index contributed by atoms with van der Waals surface area (Å²) in [5.74, 6) is -0.302. The summed E-state index contributed by atoms with van der Waals surface area (Å²) < 4.78 is 17.9. The van der Waals surface area contributed by atoms with Gasteiger partial charge in [0.15, 0.2) is 5.12 Å². The zero-order valence-electron chi connectivity index (χ0n) is 15.5. The Morgan fingerprint density at radius 1 is 1.20 bits per heavy atom. The molecule has 4 nitrogen and oxygen atoms in total. The molecule has 2 atom stereocenters. The zero-order valence-corrected chi connectivity index (χ0v) is 16.3. The van der Waals surface area contributed by atoms with Gasteiger partial charge >= 0.3 is 0 Å². The van der Waals surface area contributed by atoms with Gasteiger partial charge in [-0.3, -0.25) is 4.79 Å². The van der Waals surface area contributed by atoms with Gasteiger partial charge in [0.2, 0.25) is 0 Å². The SMILES string of the molecule is CCOC1(OCC)CC[C@H](C(=O)SCC)[C@H](CCc2ccccc2)O1. The van der Waals surface area contributed by atoms with Gasteiger partial charge in [0.1, 0.15) is 0 Å². The van der Waals surface area contributed by atoms with Crippen molar-refractivity contribution in [2.75, 3.05) is 19.0 Å². The monoisotopic (exact) mass is 366 g/mol. The van der Waals surface area contributed by atoms with E-state index in [1.54, 1.807) is 0 Å². The molecule has 0 unspecified atom stereocenters. The lowest BCUT2D eigenvalue weighted by Gasteiger charge is -2.43. The quantitative estimate of drug-likeness (QED) is 0.605. The van der Waals surface area contributed by atoms with Crippen LogP contribution in [0.25, 0.3) is 0 Å². The molecule has 0 bridgehead atoms. The Kier molecular flexibility index (Phi) is 8.43. The standard InChI is InChI=1S/C20H30O4S/c1-4-22-20(23-5-2)15-14-17(19(21)25-6-3)18(24-20)13-12-16-10-8-7-9-11-16/h7-11,17-18H,4-6,12-15H2,1-3H3/t17-,18-/m0/s1. The van der Waals surface area contributed by atoms with E-state index in [2.05, 4.69) is 12.1 Å². The molecule has 1 saturated heterocycles. The number of rotatable bonds is 9. The Labute approximate surface area is 155 Å². The topological polar surface area (TPSA) is 44.8 Å². The van der Waals surface area contributed by atoms with E-state index in [0.29, 0.717) is 19.6 Å². The molecule has 1 aliphatic heterocycles. The van der Waals surface area contributed by atoms with Crippen molar-refractivity contribution >= 4 is 16.9 Å². The van der Waals surface area contributed by atoms with Crippen LogP contribution < -0.4 is 0 Å². The summed E-state index contributed by atoms with van der Waals surface area (Å²) in [5.41, 5.74) is 1.25. The number of hydrogen-bond acceptors (Lipinski definition) is 5. The van der Waals surface area contributed by atoms with Crippen molar-refractivity contribution in [2.24, 2.45) is 5.92 Å². The molecule has 0 aliphatic carbocycles. The molecule has 0 spiro atoms. The van der Waals surface area contributed by atoms with Gasteiger partial charge < -0.3 is 14.2 Å². The zero-order chi connectivity index (χ0) is 18.1. The van der Waals surface area contributed by atoms with E-state index in [-0.39, 0.29) is 17.1 Å². The molecule has 140 valence electrons. The summed E-state index contributed by atoms with van der Waals surface area (Å²) in [6, 6.07) is 10.3. The fourth-order valence-electron chi connectivity index (χ4n) is 3.32. The molecule has 1 aromatic rings. The first-order valence-electron chi connectivity index (χ1n) is 9.30. The van der Waals surface area contributed by atoms with E-state index in [1.807, 2.05) is 39.0 Å². The Balaban J connectivity index is 2.11. The van der Waals surface area contributed by atoms with Crippen molar-refractivity contribution in [2.45, 2.75) is 58.5 Å². The van der Waals surface area contributed by atoms with Crippen LogP contribution in [0, 0.1) is 5.92 Å². The largest absolute Gasteiger partial charge is 0.328 e. The highest BCUT2D eigenvalue weighted by molar-refractivity contribution is 8.13. The Morgan fingerprint density at radius 3 is 2.48 bits per heavy atom. The van der Waals surface area contributed by atoms with Crippen LogP contribution in [0.1, 0.15) is 45.6 Å². The molecule has 1 aromatic carbocycles. The van der Waals surface area contributed by atoms with Gasteiger partial charge in [-0.15, -0.1) is 0 Å². The fraction of sp³-hybridized carbons (Fsp3) is 0.650. The van der Waals surface area contributed by atoms with Gasteiger partial charge in [0.05, 0.1) is 12.0 Å². The molecule has 0 amide bonds. The lowest BCUT2D eigenvalue weighted by molar-refractivity contribution is -0.410. The molecule has 0 saturated carbocycles. The molecule has 5 heteroatoms. The van der Waals surface area contributed by atoms with Gasteiger partial charge in [-0.2, -0.15) is 0 Å². The average Bonchev–Trinajstić information content (AvgIpc) is 2.61. The first kappa shape index (κ1) is 20.4. The first-order valence-corrected chi connectivity index (χ1v) is 10.3. The smallest absolute Gasteiger partial charge is 0.283 e. The fourth-order valence-corrected chi connectivity index (χ4v) is 4.08. The molecule has 0 radical (unpaired) electrons. The van der Waals surface area contributed by atoms with E-state index in [1.165, 1.54) is 17.3 Å². The Hall–Kier alpha value is -0.880. The van der Waals surface area contributed by atoms with Gasteiger partial charge in [0.25, 0.3) is 5.97 Å². The van der Waals surface area contributed by atoms with Gasteiger partial charge in [-0.05, 0) is 44.4 Å². The van der Waals surface area contributed by atoms with Crippen LogP contribution in [0.2, 0.25) is 0 Å². The number of hydrogen-bond donors (Lipinski definition) is 0. The van der Waals surface area contributed by atoms with Crippen LogP contribution >= 0.6 is 11.8 Å². The summed E-state index contributed by atoms with van der Waals surface area (Å²) in [7, 11) is 0. The second-order valence-electron chi connectivity index (χ2n) is 6.13. The number of ether oxygens (including phenoxy) is 3. The molecule has 2 rings (SSSR count). The molecule has 0 aromatic heterocycles. The van der Waals surface area contributed by atoms with Crippen LogP contribution in [0.5, 0.6) is 0 Å². The van der Waals surface area contributed by atoms with Crippen molar-refractivity contribution in [1.29, 1.82) is 0 Å². The maximum absolute atomic E-state index is 12.5. The highest BCUT2D eigenvalue weighted by Gasteiger charge is 2.45. The van der Waals surface area contributed by atoms with E-state index >= 15 is 0 Å². The molecular formula is C20H30O4S. The Morgan fingerprint density at radius 2 is 1.88 bits per heavy atom. The molecular weight excluding hydrogens is 336 g/mol. The van der Waals surface area contributed by atoms with E-state index in [4.69, 9.17) is 14.2 Å². The first-order chi connectivity index (χ1) is 12.1. The maximum atomic E-state index is 12.5. The van der Waals surface area contributed by atoms with E-state index in [9.17, 15) is 4.79 Å². The summed E-state index contributed by atoms with van der Waals surface area (Å²) in [6.07, 6.45) is 2.81. The summed E-state index contributed by atoms with van der Waals surface area (Å²) >= 11 is 1.39.